The van der Waals surface area contributed by atoms with Crippen LogP contribution in [0, 0.1) is 0 Å². The lowest BCUT2D eigenvalue weighted by atomic mass is 10.5. The first kappa shape index (κ1) is 10.1. The SMILES string of the molecule is O=S(=O)(O)C(F)C(F)CS. The molecule has 0 saturated heterocycles. The van der Waals surface area contributed by atoms with E-state index in [4.69, 9.17) is 4.55 Å². The van der Waals surface area contributed by atoms with Gasteiger partial charge in [-0.15, -0.1) is 0 Å². The maximum Gasteiger partial charge on any atom is 0.300 e. The van der Waals surface area contributed by atoms with Crippen LogP contribution in [-0.2, 0) is 10.1 Å². The maximum atomic E-state index is 12.0. The molecule has 0 saturated carbocycles. The third-order valence-electron chi connectivity index (χ3n) is 0.743. The van der Waals surface area contributed by atoms with E-state index in [9.17, 15) is 17.2 Å². The van der Waals surface area contributed by atoms with Gasteiger partial charge in [0.2, 0.25) is 0 Å². The monoisotopic (exact) mass is 192 g/mol. The summed E-state index contributed by atoms with van der Waals surface area (Å²) in [6.45, 7) is 0. The standard InChI is InChI=1S/C3H6F2O3S2/c4-2(1-9)3(5)10(6,7)8/h2-3,9H,1H2,(H,6,7,8). The molecule has 0 aromatic rings. The molecule has 10 heavy (non-hydrogen) atoms. The van der Waals surface area contributed by atoms with Crippen molar-refractivity contribution in [1.82, 2.24) is 0 Å². The van der Waals surface area contributed by atoms with Crippen LogP contribution in [0.2, 0.25) is 0 Å². The first-order chi connectivity index (χ1) is 4.39. The largest absolute Gasteiger partial charge is 0.300 e. The summed E-state index contributed by atoms with van der Waals surface area (Å²) in [5.74, 6) is -0.582. The average Bonchev–Trinajstić information content (AvgIpc) is 1.83. The van der Waals surface area contributed by atoms with Gasteiger partial charge in [0.1, 0.15) is 0 Å². The molecule has 3 nitrogen and oxygen atoms in total. The predicted octanol–water partition coefficient (Wildman–Crippen LogP) is 0.438. The van der Waals surface area contributed by atoms with Gasteiger partial charge in [-0.1, -0.05) is 0 Å². The fraction of sp³-hybridized carbons (Fsp3) is 1.00. The molecule has 1 N–H and O–H groups in total. The van der Waals surface area contributed by atoms with Crippen LogP contribution in [0.3, 0.4) is 0 Å². The molecule has 2 unspecified atom stereocenters. The van der Waals surface area contributed by atoms with Crippen molar-refractivity contribution in [2.75, 3.05) is 5.75 Å². The molecule has 0 rings (SSSR count). The first-order valence-corrected chi connectivity index (χ1v) is 4.38. The van der Waals surface area contributed by atoms with E-state index < -0.39 is 27.5 Å². The molecule has 0 bridgehead atoms. The molecular weight excluding hydrogens is 186 g/mol. The van der Waals surface area contributed by atoms with E-state index in [0.29, 0.717) is 0 Å². The molecule has 0 aliphatic heterocycles. The van der Waals surface area contributed by atoms with E-state index in [-0.39, 0.29) is 0 Å². The molecule has 0 amide bonds. The topological polar surface area (TPSA) is 54.4 Å². The minimum Gasteiger partial charge on any atom is -0.283 e. The van der Waals surface area contributed by atoms with Crippen molar-refractivity contribution in [3.05, 3.63) is 0 Å². The first-order valence-electron chi connectivity index (χ1n) is 2.25. The summed E-state index contributed by atoms with van der Waals surface area (Å²) in [5, 5.41) is 0. The van der Waals surface area contributed by atoms with Crippen molar-refractivity contribution in [1.29, 1.82) is 0 Å². The molecule has 0 heterocycles. The molecule has 0 aliphatic rings. The van der Waals surface area contributed by atoms with Gasteiger partial charge in [-0.25, -0.2) is 8.78 Å². The highest BCUT2D eigenvalue weighted by molar-refractivity contribution is 7.86. The number of hydrogen-bond donors (Lipinski definition) is 2. The summed E-state index contributed by atoms with van der Waals surface area (Å²) >= 11 is 3.30. The molecule has 0 aromatic heterocycles. The van der Waals surface area contributed by atoms with Gasteiger partial charge in [0, 0.05) is 5.75 Å². The Bertz CT molecular complexity index is 190. The summed E-state index contributed by atoms with van der Waals surface area (Å²) < 4.78 is 51.7. The minimum atomic E-state index is -4.90. The van der Waals surface area contributed by atoms with Crippen LogP contribution >= 0.6 is 12.6 Å². The van der Waals surface area contributed by atoms with Gasteiger partial charge in [-0.3, -0.25) is 4.55 Å². The van der Waals surface area contributed by atoms with E-state index >= 15 is 0 Å². The van der Waals surface area contributed by atoms with Crippen molar-refractivity contribution in [3.63, 3.8) is 0 Å². The molecule has 7 heteroatoms. The average molecular weight is 192 g/mol. The maximum absolute atomic E-state index is 12.0. The third kappa shape index (κ3) is 2.80. The van der Waals surface area contributed by atoms with Gasteiger partial charge in [0.05, 0.1) is 0 Å². The number of rotatable bonds is 3. The van der Waals surface area contributed by atoms with Gasteiger partial charge in [0.25, 0.3) is 5.50 Å². The van der Waals surface area contributed by atoms with E-state index in [1.165, 1.54) is 0 Å². The molecule has 62 valence electrons. The van der Waals surface area contributed by atoms with E-state index in [1.54, 1.807) is 0 Å². The second-order valence-electron chi connectivity index (χ2n) is 1.56. The number of thiol groups is 1. The molecule has 0 aliphatic carbocycles. The van der Waals surface area contributed by atoms with Crippen molar-refractivity contribution in [3.8, 4) is 0 Å². The lowest BCUT2D eigenvalue weighted by molar-refractivity contribution is 0.235. The van der Waals surface area contributed by atoms with Crippen LogP contribution in [0.15, 0.2) is 0 Å². The van der Waals surface area contributed by atoms with E-state index in [0.717, 1.165) is 0 Å². The van der Waals surface area contributed by atoms with Crippen molar-refractivity contribution >= 4 is 22.7 Å². The van der Waals surface area contributed by atoms with Gasteiger partial charge < -0.3 is 0 Å². The molecule has 0 fully saturated rings. The summed E-state index contributed by atoms with van der Waals surface area (Å²) in [6.07, 6.45) is -2.28. The summed E-state index contributed by atoms with van der Waals surface area (Å²) in [6, 6.07) is 0. The quantitative estimate of drug-likeness (QED) is 0.504. The Kier molecular flexibility index (Phi) is 3.54. The Morgan fingerprint density at radius 2 is 1.90 bits per heavy atom. The third-order valence-corrected chi connectivity index (χ3v) is 1.96. The van der Waals surface area contributed by atoms with Crippen LogP contribution in [0.5, 0.6) is 0 Å². The molecule has 0 aromatic carbocycles. The highest BCUT2D eigenvalue weighted by Crippen LogP contribution is 2.10. The van der Waals surface area contributed by atoms with Crippen LogP contribution in [0.1, 0.15) is 0 Å². The second-order valence-corrected chi connectivity index (χ2v) is 3.41. The summed E-state index contributed by atoms with van der Waals surface area (Å²) in [7, 11) is -4.90. The number of alkyl halides is 2. The van der Waals surface area contributed by atoms with Crippen LogP contribution in [-0.4, -0.2) is 30.4 Å². The zero-order chi connectivity index (χ0) is 8.36. The molecular formula is C3H6F2O3S2. The highest BCUT2D eigenvalue weighted by Gasteiger charge is 2.30. The molecule has 2 atom stereocenters. The van der Waals surface area contributed by atoms with Gasteiger partial charge in [-0.05, 0) is 0 Å². The predicted molar refractivity (Wildman–Crippen MR) is 35.2 cm³/mol. The Morgan fingerprint density at radius 1 is 1.50 bits per heavy atom. The Labute approximate surface area is 62.6 Å². The molecule has 0 radical (unpaired) electrons. The fourth-order valence-electron chi connectivity index (χ4n) is 0.269. The minimum absolute atomic E-state index is 0.582. The smallest absolute Gasteiger partial charge is 0.283 e. The van der Waals surface area contributed by atoms with Crippen LogP contribution in [0.25, 0.3) is 0 Å². The van der Waals surface area contributed by atoms with Gasteiger partial charge in [0.15, 0.2) is 6.17 Å². The Morgan fingerprint density at radius 3 is 2.00 bits per heavy atom. The van der Waals surface area contributed by atoms with Crippen molar-refractivity contribution in [2.45, 2.75) is 11.7 Å². The van der Waals surface area contributed by atoms with Crippen molar-refractivity contribution in [2.24, 2.45) is 0 Å². The summed E-state index contributed by atoms with van der Waals surface area (Å²) in [4.78, 5) is 0. The van der Waals surface area contributed by atoms with Gasteiger partial charge in [-0.2, -0.15) is 21.0 Å². The zero-order valence-corrected chi connectivity index (χ0v) is 6.45. The van der Waals surface area contributed by atoms with Crippen LogP contribution in [0.4, 0.5) is 8.78 Å². The number of hydrogen-bond acceptors (Lipinski definition) is 3. The van der Waals surface area contributed by atoms with Crippen LogP contribution < -0.4 is 0 Å². The lowest BCUT2D eigenvalue weighted by Gasteiger charge is -2.06. The fourth-order valence-corrected chi connectivity index (χ4v) is 1.07. The lowest BCUT2D eigenvalue weighted by Crippen LogP contribution is -2.27. The van der Waals surface area contributed by atoms with E-state index in [2.05, 4.69) is 12.6 Å². The number of halogens is 2. The van der Waals surface area contributed by atoms with E-state index in [1.807, 2.05) is 0 Å². The van der Waals surface area contributed by atoms with Gasteiger partial charge >= 0.3 is 10.1 Å². The zero-order valence-electron chi connectivity index (χ0n) is 4.74. The summed E-state index contributed by atoms with van der Waals surface area (Å²) in [5.41, 5.74) is -2.88. The Hall–Kier alpha value is 0.120. The van der Waals surface area contributed by atoms with Crippen molar-refractivity contribution < 1.29 is 21.8 Å². The molecule has 0 spiro atoms. The normalized spacial score (nSPS) is 18.4. The highest BCUT2D eigenvalue weighted by atomic mass is 32.2. The second kappa shape index (κ2) is 3.49. The Balaban J connectivity index is 4.23.